The lowest BCUT2D eigenvalue weighted by atomic mass is 9.79. The number of fused-ring (bicyclic) bond motifs is 1. The molecule has 5 heteroatoms. The second-order valence-electron chi connectivity index (χ2n) is 6.90. The normalized spacial score (nSPS) is 33.0. The highest BCUT2D eigenvalue weighted by molar-refractivity contribution is 7.89. The fraction of sp³-hybridized carbons (Fsp3) is 0.588. The zero-order valence-corrected chi connectivity index (χ0v) is 14.1. The van der Waals surface area contributed by atoms with Crippen LogP contribution in [0.25, 0.3) is 0 Å². The first kappa shape index (κ1) is 15.7. The molecule has 1 saturated carbocycles. The largest absolute Gasteiger partial charge is 0.299 e. The van der Waals surface area contributed by atoms with E-state index in [0.717, 1.165) is 5.56 Å². The molecule has 4 atom stereocenters. The Balaban J connectivity index is 1.89. The van der Waals surface area contributed by atoms with Gasteiger partial charge in [0.15, 0.2) is 0 Å². The van der Waals surface area contributed by atoms with Crippen molar-refractivity contribution in [3.05, 3.63) is 29.8 Å². The Morgan fingerprint density at radius 1 is 1.05 bits per heavy atom. The molecule has 0 aromatic heterocycles. The zero-order valence-electron chi connectivity index (χ0n) is 13.3. The van der Waals surface area contributed by atoms with Crippen molar-refractivity contribution < 1.29 is 13.2 Å². The number of sulfonamides is 1. The van der Waals surface area contributed by atoms with Crippen LogP contribution in [-0.4, -0.2) is 31.6 Å². The molecule has 0 spiro atoms. The van der Waals surface area contributed by atoms with Crippen molar-refractivity contribution in [1.82, 2.24) is 4.31 Å². The van der Waals surface area contributed by atoms with Crippen LogP contribution in [0, 0.1) is 30.6 Å². The Morgan fingerprint density at radius 2 is 1.68 bits per heavy atom. The van der Waals surface area contributed by atoms with Gasteiger partial charge in [0.05, 0.1) is 4.90 Å². The van der Waals surface area contributed by atoms with E-state index in [2.05, 4.69) is 6.92 Å². The predicted molar refractivity (Wildman–Crippen MR) is 84.9 cm³/mol. The molecular weight excluding hydrogens is 298 g/mol. The van der Waals surface area contributed by atoms with Gasteiger partial charge < -0.3 is 0 Å². The molecule has 1 aromatic rings. The van der Waals surface area contributed by atoms with E-state index in [9.17, 15) is 13.2 Å². The van der Waals surface area contributed by atoms with Crippen LogP contribution < -0.4 is 0 Å². The SMILES string of the molecule is Cc1ccc(S(=O)(=O)N2C[C@H]3[C@H](CC(=O)[C@H]3C)[C@@H](C)C2)cc1. The lowest BCUT2D eigenvalue weighted by molar-refractivity contribution is -0.120. The lowest BCUT2D eigenvalue weighted by Crippen LogP contribution is -2.47. The maximum absolute atomic E-state index is 12.9. The second kappa shape index (κ2) is 5.46. The molecule has 1 aliphatic heterocycles. The number of hydrogen-bond donors (Lipinski definition) is 0. The number of aryl methyl sites for hydroxylation is 1. The first-order valence-corrected chi connectivity index (χ1v) is 9.34. The summed E-state index contributed by atoms with van der Waals surface area (Å²) < 4.78 is 27.3. The van der Waals surface area contributed by atoms with Gasteiger partial charge in [0.2, 0.25) is 10.0 Å². The molecule has 0 N–H and O–H groups in total. The third-order valence-corrected chi connectivity index (χ3v) is 7.28. The number of piperidine rings is 1. The van der Waals surface area contributed by atoms with Gasteiger partial charge in [0.1, 0.15) is 5.78 Å². The van der Waals surface area contributed by atoms with E-state index in [4.69, 9.17) is 0 Å². The van der Waals surface area contributed by atoms with Gasteiger partial charge in [-0.2, -0.15) is 4.31 Å². The van der Waals surface area contributed by atoms with Crippen molar-refractivity contribution in [2.45, 2.75) is 32.1 Å². The Labute approximate surface area is 132 Å². The average Bonchev–Trinajstić information content (AvgIpc) is 2.76. The Kier molecular flexibility index (Phi) is 3.89. The first-order chi connectivity index (χ1) is 10.3. The number of rotatable bonds is 2. The van der Waals surface area contributed by atoms with E-state index in [1.807, 2.05) is 26.0 Å². The summed E-state index contributed by atoms with van der Waals surface area (Å²) in [5.74, 6) is 0.996. The number of nitrogens with zero attached hydrogens (tertiary/aromatic N) is 1. The van der Waals surface area contributed by atoms with E-state index in [-0.39, 0.29) is 23.5 Å². The van der Waals surface area contributed by atoms with Crippen LogP contribution in [0.4, 0.5) is 0 Å². The van der Waals surface area contributed by atoms with Gasteiger partial charge in [-0.15, -0.1) is 0 Å². The number of carbonyl (C=O) groups is 1. The highest BCUT2D eigenvalue weighted by Crippen LogP contribution is 2.43. The summed E-state index contributed by atoms with van der Waals surface area (Å²) in [5, 5.41) is 0. The molecule has 2 fully saturated rings. The van der Waals surface area contributed by atoms with Crippen LogP contribution in [-0.2, 0) is 14.8 Å². The van der Waals surface area contributed by atoms with E-state index >= 15 is 0 Å². The maximum Gasteiger partial charge on any atom is 0.243 e. The monoisotopic (exact) mass is 321 g/mol. The molecule has 4 nitrogen and oxygen atoms in total. The highest BCUT2D eigenvalue weighted by atomic mass is 32.2. The Hall–Kier alpha value is -1.20. The van der Waals surface area contributed by atoms with Gasteiger partial charge in [-0.05, 0) is 36.8 Å². The quantitative estimate of drug-likeness (QED) is 0.841. The predicted octanol–water partition coefficient (Wildman–Crippen LogP) is 2.48. The molecule has 1 aliphatic carbocycles. The molecule has 1 saturated heterocycles. The van der Waals surface area contributed by atoms with Crippen LogP contribution in [0.3, 0.4) is 0 Å². The number of carbonyl (C=O) groups excluding carboxylic acids is 1. The lowest BCUT2D eigenvalue weighted by Gasteiger charge is -2.39. The number of benzene rings is 1. The van der Waals surface area contributed by atoms with Crippen LogP contribution in [0.5, 0.6) is 0 Å². The van der Waals surface area contributed by atoms with E-state index < -0.39 is 10.0 Å². The minimum absolute atomic E-state index is 0.0246. The summed E-state index contributed by atoms with van der Waals surface area (Å²) >= 11 is 0. The minimum Gasteiger partial charge on any atom is -0.299 e. The first-order valence-electron chi connectivity index (χ1n) is 7.90. The number of hydrogen-bond acceptors (Lipinski definition) is 3. The Bertz CT molecular complexity index is 680. The molecule has 1 heterocycles. The van der Waals surface area contributed by atoms with Crippen LogP contribution >= 0.6 is 0 Å². The third kappa shape index (κ3) is 2.50. The van der Waals surface area contributed by atoms with Crippen molar-refractivity contribution in [3.63, 3.8) is 0 Å². The molecule has 0 bridgehead atoms. The van der Waals surface area contributed by atoms with Crippen LogP contribution in [0.1, 0.15) is 25.8 Å². The molecule has 2 aliphatic rings. The number of Topliss-reactive ketones (excluding diaryl/α,β-unsaturated/α-hetero) is 1. The van der Waals surface area contributed by atoms with Gasteiger partial charge in [-0.25, -0.2) is 8.42 Å². The standard InChI is InChI=1S/C17H23NO3S/c1-11-4-6-14(7-5-11)22(20,21)18-9-12(2)15-8-17(19)13(3)16(15)10-18/h4-7,12-13,15-16H,8-10H2,1-3H3/t12-,13-,15+,16+/m0/s1. The fourth-order valence-electron chi connectivity index (χ4n) is 3.92. The smallest absolute Gasteiger partial charge is 0.243 e. The molecule has 0 amide bonds. The summed E-state index contributed by atoms with van der Waals surface area (Å²) in [6.45, 7) is 6.94. The average molecular weight is 321 g/mol. The fourth-order valence-corrected chi connectivity index (χ4v) is 5.50. The molecule has 1 aromatic carbocycles. The number of ketones is 1. The summed E-state index contributed by atoms with van der Waals surface area (Å²) in [4.78, 5) is 12.3. The van der Waals surface area contributed by atoms with Gasteiger partial charge in [0, 0.05) is 25.4 Å². The third-order valence-electron chi connectivity index (χ3n) is 5.43. The van der Waals surface area contributed by atoms with Crippen molar-refractivity contribution >= 4 is 15.8 Å². The summed E-state index contributed by atoms with van der Waals surface area (Å²) in [7, 11) is -3.47. The van der Waals surface area contributed by atoms with Crippen molar-refractivity contribution in [3.8, 4) is 0 Å². The van der Waals surface area contributed by atoms with Gasteiger partial charge in [0.25, 0.3) is 0 Å². The van der Waals surface area contributed by atoms with Crippen molar-refractivity contribution in [2.24, 2.45) is 23.7 Å². The molecule has 0 unspecified atom stereocenters. The van der Waals surface area contributed by atoms with E-state index in [1.165, 1.54) is 0 Å². The van der Waals surface area contributed by atoms with Gasteiger partial charge in [-0.3, -0.25) is 4.79 Å². The second-order valence-corrected chi connectivity index (χ2v) is 8.84. The van der Waals surface area contributed by atoms with Gasteiger partial charge in [-0.1, -0.05) is 31.5 Å². The topological polar surface area (TPSA) is 54.5 Å². The summed E-state index contributed by atoms with van der Waals surface area (Å²) in [6, 6.07) is 6.99. The van der Waals surface area contributed by atoms with Crippen LogP contribution in [0.2, 0.25) is 0 Å². The Morgan fingerprint density at radius 3 is 2.32 bits per heavy atom. The zero-order chi connectivity index (χ0) is 16.1. The van der Waals surface area contributed by atoms with Gasteiger partial charge >= 0.3 is 0 Å². The highest BCUT2D eigenvalue weighted by Gasteiger charge is 2.48. The van der Waals surface area contributed by atoms with Crippen molar-refractivity contribution in [1.29, 1.82) is 0 Å². The van der Waals surface area contributed by atoms with E-state index in [1.54, 1.807) is 16.4 Å². The van der Waals surface area contributed by atoms with Crippen molar-refractivity contribution in [2.75, 3.05) is 13.1 Å². The molecule has 3 rings (SSSR count). The summed E-state index contributed by atoms with van der Waals surface area (Å²) in [5.41, 5.74) is 1.04. The minimum atomic E-state index is -3.47. The molecular formula is C17H23NO3S. The maximum atomic E-state index is 12.9. The molecule has 22 heavy (non-hydrogen) atoms. The molecule has 120 valence electrons. The van der Waals surface area contributed by atoms with E-state index in [0.29, 0.717) is 30.3 Å². The molecule has 0 radical (unpaired) electrons. The summed E-state index contributed by atoms with van der Waals surface area (Å²) in [6.07, 6.45) is 0.616. The van der Waals surface area contributed by atoms with Crippen LogP contribution in [0.15, 0.2) is 29.2 Å².